The summed E-state index contributed by atoms with van der Waals surface area (Å²) in [4.78, 5) is 41.3. The number of hydrogen-bond donors (Lipinski definition) is 1. The lowest BCUT2D eigenvalue weighted by molar-refractivity contribution is -0.136. The minimum absolute atomic E-state index is 0.0391. The number of anilines is 1. The van der Waals surface area contributed by atoms with Crippen molar-refractivity contribution in [3.05, 3.63) is 87.5 Å². The molecule has 3 heterocycles. The van der Waals surface area contributed by atoms with Crippen LogP contribution in [0, 0.1) is 0 Å². The van der Waals surface area contributed by atoms with Crippen molar-refractivity contribution >= 4 is 39.2 Å². The Balaban J connectivity index is 1.81. The van der Waals surface area contributed by atoms with Gasteiger partial charge in [0.2, 0.25) is 0 Å². The summed E-state index contributed by atoms with van der Waals surface area (Å²) >= 11 is 0. The Morgan fingerprint density at radius 1 is 1.07 bits per heavy atom. The number of hydrogen-bond acceptors (Lipinski definition) is 8. The molecule has 8 heteroatoms. The van der Waals surface area contributed by atoms with Crippen LogP contribution in [-0.2, 0) is 9.53 Å². The summed E-state index contributed by atoms with van der Waals surface area (Å²) in [6.45, 7) is 1.86. The molecule has 1 aromatic carbocycles. The fraction of sp³-hybridized carbons (Fsp3) is 0.0909. The molecule has 0 unspecified atom stereocenters. The van der Waals surface area contributed by atoms with Gasteiger partial charge in [-0.1, -0.05) is 18.2 Å². The maximum atomic E-state index is 12.5. The molecule has 150 valence electrons. The molecular formula is C22H16N2O6. The van der Waals surface area contributed by atoms with Gasteiger partial charge in [-0.15, -0.1) is 0 Å². The molecule has 3 aromatic heterocycles. The smallest absolute Gasteiger partial charge is 0.360 e. The Kier molecular flexibility index (Phi) is 5.13. The number of pyridine rings is 1. The van der Waals surface area contributed by atoms with Gasteiger partial charge >= 0.3 is 17.2 Å². The molecular weight excluding hydrogens is 388 g/mol. The maximum absolute atomic E-state index is 12.5. The predicted molar refractivity (Wildman–Crippen MR) is 111 cm³/mol. The van der Waals surface area contributed by atoms with Crippen molar-refractivity contribution in [2.24, 2.45) is 0 Å². The quantitative estimate of drug-likeness (QED) is 0.233. The van der Waals surface area contributed by atoms with Gasteiger partial charge in [-0.3, -0.25) is 4.98 Å². The van der Waals surface area contributed by atoms with E-state index in [2.05, 4.69) is 10.3 Å². The van der Waals surface area contributed by atoms with Crippen LogP contribution in [0.2, 0.25) is 0 Å². The number of ether oxygens (including phenoxy) is 1. The second-order valence-corrected chi connectivity index (χ2v) is 6.21. The number of nitrogens with one attached hydrogen (secondary N) is 1. The van der Waals surface area contributed by atoms with E-state index in [1.54, 1.807) is 49.4 Å². The van der Waals surface area contributed by atoms with E-state index < -0.39 is 17.2 Å². The van der Waals surface area contributed by atoms with Gasteiger partial charge < -0.3 is 18.9 Å². The highest BCUT2D eigenvalue weighted by molar-refractivity contribution is 6.16. The lowest BCUT2D eigenvalue weighted by Gasteiger charge is -2.08. The number of rotatable bonds is 5. The van der Waals surface area contributed by atoms with Crippen molar-refractivity contribution in [1.82, 2.24) is 4.98 Å². The molecule has 0 saturated carbocycles. The van der Waals surface area contributed by atoms with Crippen molar-refractivity contribution in [2.75, 3.05) is 11.9 Å². The molecule has 0 spiro atoms. The molecule has 0 aliphatic rings. The number of benzene rings is 1. The molecule has 0 aliphatic carbocycles. The van der Waals surface area contributed by atoms with Gasteiger partial charge in [-0.25, -0.2) is 14.4 Å². The number of carbonyl (C=O) groups excluding carboxylic acids is 1. The van der Waals surface area contributed by atoms with Crippen LogP contribution in [0.1, 0.15) is 12.6 Å². The molecule has 0 saturated heterocycles. The van der Waals surface area contributed by atoms with Crippen LogP contribution in [0.5, 0.6) is 0 Å². The summed E-state index contributed by atoms with van der Waals surface area (Å²) < 4.78 is 15.7. The van der Waals surface area contributed by atoms with E-state index in [0.717, 1.165) is 0 Å². The lowest BCUT2D eigenvalue weighted by Crippen LogP contribution is -2.13. The fourth-order valence-electron chi connectivity index (χ4n) is 2.94. The van der Waals surface area contributed by atoms with Crippen LogP contribution in [0.15, 0.2) is 79.4 Å². The normalized spacial score (nSPS) is 11.6. The number of nitrogens with zero attached hydrogens (tertiary/aromatic N) is 1. The highest BCUT2D eigenvalue weighted by Gasteiger charge is 2.16. The second-order valence-electron chi connectivity index (χ2n) is 6.21. The molecule has 0 radical (unpaired) electrons. The van der Waals surface area contributed by atoms with Crippen LogP contribution < -0.4 is 16.6 Å². The van der Waals surface area contributed by atoms with Gasteiger partial charge in [0.05, 0.1) is 17.7 Å². The molecule has 0 atom stereocenters. The number of esters is 1. The number of carbonyl (C=O) groups is 1. The van der Waals surface area contributed by atoms with Gasteiger partial charge in [0.15, 0.2) is 5.58 Å². The lowest BCUT2D eigenvalue weighted by atomic mass is 10.1. The van der Waals surface area contributed by atoms with Crippen molar-refractivity contribution in [3.63, 3.8) is 0 Å². The van der Waals surface area contributed by atoms with Crippen LogP contribution in [-0.4, -0.2) is 17.6 Å². The van der Waals surface area contributed by atoms with E-state index in [9.17, 15) is 14.4 Å². The Morgan fingerprint density at radius 3 is 2.63 bits per heavy atom. The zero-order chi connectivity index (χ0) is 21.1. The first-order valence-electron chi connectivity index (χ1n) is 9.13. The molecule has 30 heavy (non-hydrogen) atoms. The molecule has 4 rings (SSSR count). The molecule has 8 nitrogen and oxygen atoms in total. The monoisotopic (exact) mass is 404 g/mol. The van der Waals surface area contributed by atoms with E-state index >= 15 is 0 Å². The molecule has 1 N–H and O–H groups in total. The first kappa shape index (κ1) is 19.1. The number of fused-ring (bicyclic) bond motifs is 3. The Labute approximate surface area is 169 Å². The summed E-state index contributed by atoms with van der Waals surface area (Å²) in [5.41, 5.74) is -0.465. The molecule has 0 aliphatic heterocycles. The largest absolute Gasteiger partial charge is 0.462 e. The zero-order valence-corrected chi connectivity index (χ0v) is 15.9. The Morgan fingerprint density at radius 2 is 1.87 bits per heavy atom. The maximum Gasteiger partial charge on any atom is 0.360 e. The second kappa shape index (κ2) is 8.04. The van der Waals surface area contributed by atoms with Crippen LogP contribution in [0.25, 0.3) is 27.5 Å². The highest BCUT2D eigenvalue weighted by atomic mass is 16.5. The van der Waals surface area contributed by atoms with Crippen LogP contribution in [0.4, 0.5) is 5.69 Å². The summed E-state index contributed by atoms with van der Waals surface area (Å²) in [5.74, 6) is -0.612. The number of para-hydroxylation sites is 1. The van der Waals surface area contributed by atoms with Gasteiger partial charge in [0.1, 0.15) is 22.2 Å². The summed E-state index contributed by atoms with van der Waals surface area (Å²) in [6, 6.07) is 13.2. The minimum atomic E-state index is -0.710. The predicted octanol–water partition coefficient (Wildman–Crippen LogP) is 3.31. The molecule has 0 bridgehead atoms. The third-order valence-corrected chi connectivity index (χ3v) is 4.31. The average Bonchev–Trinajstić information content (AvgIpc) is 2.75. The topological polar surface area (TPSA) is 112 Å². The molecule has 0 fully saturated rings. The van der Waals surface area contributed by atoms with Crippen LogP contribution >= 0.6 is 0 Å². The van der Waals surface area contributed by atoms with Gasteiger partial charge in [0.25, 0.3) is 0 Å². The zero-order valence-electron chi connectivity index (χ0n) is 15.9. The van der Waals surface area contributed by atoms with Crippen molar-refractivity contribution in [3.8, 4) is 0 Å². The van der Waals surface area contributed by atoms with E-state index in [1.165, 1.54) is 18.5 Å². The minimum Gasteiger partial charge on any atom is -0.462 e. The SMILES string of the molecule is CCOC(=O)/C(=C/Nc1cc2c(=O)oc3ccccc3c2oc1=O)c1ccccn1. The van der Waals surface area contributed by atoms with Crippen molar-refractivity contribution in [2.45, 2.75) is 6.92 Å². The Hall–Kier alpha value is -4.20. The van der Waals surface area contributed by atoms with E-state index in [0.29, 0.717) is 16.7 Å². The summed E-state index contributed by atoms with van der Waals surface area (Å²) in [5, 5.41) is 3.33. The number of aromatic nitrogens is 1. The first-order valence-corrected chi connectivity index (χ1v) is 9.13. The Bertz CT molecular complexity index is 1390. The van der Waals surface area contributed by atoms with Crippen molar-refractivity contribution in [1.29, 1.82) is 0 Å². The fourth-order valence-corrected chi connectivity index (χ4v) is 2.94. The first-order chi connectivity index (χ1) is 14.6. The summed E-state index contributed by atoms with van der Waals surface area (Å²) in [6.07, 6.45) is 2.82. The molecule has 4 aromatic rings. The van der Waals surface area contributed by atoms with Gasteiger partial charge in [-0.2, -0.15) is 0 Å². The third kappa shape index (κ3) is 3.58. The van der Waals surface area contributed by atoms with Gasteiger partial charge in [0, 0.05) is 12.4 Å². The third-order valence-electron chi connectivity index (χ3n) is 4.31. The van der Waals surface area contributed by atoms with Crippen molar-refractivity contribution < 1.29 is 18.4 Å². The van der Waals surface area contributed by atoms with Crippen LogP contribution in [0.3, 0.4) is 0 Å². The van der Waals surface area contributed by atoms with E-state index in [-0.39, 0.29) is 28.8 Å². The van der Waals surface area contributed by atoms with Gasteiger partial charge in [-0.05, 0) is 37.3 Å². The molecule has 0 amide bonds. The van der Waals surface area contributed by atoms with E-state index in [1.807, 2.05) is 0 Å². The summed E-state index contributed by atoms with van der Waals surface area (Å²) in [7, 11) is 0. The average molecular weight is 404 g/mol. The highest BCUT2D eigenvalue weighted by Crippen LogP contribution is 2.23. The van der Waals surface area contributed by atoms with E-state index in [4.69, 9.17) is 13.6 Å². The standard InChI is InChI=1S/C22H16N2O6/c1-2-28-20(25)15(16-8-5-6-10-23-16)12-24-17-11-14-19(30-22(17)27)13-7-3-4-9-18(13)29-21(14)26/h3-12,24H,2H2,1H3/b15-12+.